The molecule has 0 N–H and O–H groups in total. The topological polar surface area (TPSA) is 60.0 Å². The Kier molecular flexibility index (Phi) is 4.31. The SMILES string of the molecule is Cc1ccc2oc(N3CCC[C@H](c4nccn4Cc4cccnc4)C3)nc2c1. The van der Waals surface area contributed by atoms with E-state index in [4.69, 9.17) is 9.40 Å². The molecule has 5 rings (SSSR count). The summed E-state index contributed by atoms with van der Waals surface area (Å²) in [6.07, 6.45) is 9.90. The highest BCUT2D eigenvalue weighted by atomic mass is 16.4. The summed E-state index contributed by atoms with van der Waals surface area (Å²) in [6.45, 7) is 4.70. The van der Waals surface area contributed by atoms with Gasteiger partial charge in [0.1, 0.15) is 11.3 Å². The van der Waals surface area contributed by atoms with Gasteiger partial charge in [-0.2, -0.15) is 4.98 Å². The second-order valence-corrected chi connectivity index (χ2v) is 7.53. The number of anilines is 1. The molecule has 0 spiro atoms. The zero-order valence-electron chi connectivity index (χ0n) is 16.0. The first-order valence-corrected chi connectivity index (χ1v) is 9.78. The Balaban J connectivity index is 1.38. The van der Waals surface area contributed by atoms with Crippen molar-refractivity contribution in [3.8, 4) is 0 Å². The Hall–Kier alpha value is -3.15. The maximum absolute atomic E-state index is 6.03. The molecule has 1 aliphatic heterocycles. The number of fused-ring (bicyclic) bond motifs is 1. The van der Waals surface area contributed by atoms with E-state index in [2.05, 4.69) is 50.8 Å². The molecule has 1 aromatic carbocycles. The van der Waals surface area contributed by atoms with Crippen LogP contribution in [0, 0.1) is 6.92 Å². The zero-order chi connectivity index (χ0) is 18.9. The number of rotatable bonds is 4. The number of hydrogen-bond acceptors (Lipinski definition) is 5. The molecular weight excluding hydrogens is 350 g/mol. The lowest BCUT2D eigenvalue weighted by molar-refractivity contribution is 0.447. The smallest absolute Gasteiger partial charge is 0.298 e. The van der Waals surface area contributed by atoms with Crippen molar-refractivity contribution >= 4 is 17.1 Å². The minimum Gasteiger partial charge on any atom is -0.423 e. The molecule has 6 nitrogen and oxygen atoms in total. The van der Waals surface area contributed by atoms with E-state index in [1.165, 1.54) is 11.1 Å². The van der Waals surface area contributed by atoms with Gasteiger partial charge in [0.25, 0.3) is 6.01 Å². The summed E-state index contributed by atoms with van der Waals surface area (Å²) in [5.41, 5.74) is 4.15. The first-order chi connectivity index (χ1) is 13.8. The van der Waals surface area contributed by atoms with E-state index < -0.39 is 0 Å². The van der Waals surface area contributed by atoms with Gasteiger partial charge in [-0.25, -0.2) is 4.98 Å². The van der Waals surface area contributed by atoms with Crippen LogP contribution in [0.1, 0.15) is 35.7 Å². The number of oxazole rings is 1. The van der Waals surface area contributed by atoms with Crippen LogP contribution in [0.3, 0.4) is 0 Å². The van der Waals surface area contributed by atoms with E-state index >= 15 is 0 Å². The van der Waals surface area contributed by atoms with Gasteiger partial charge in [0.2, 0.25) is 0 Å². The van der Waals surface area contributed by atoms with Crippen molar-refractivity contribution in [2.24, 2.45) is 0 Å². The summed E-state index contributed by atoms with van der Waals surface area (Å²) in [5.74, 6) is 1.48. The van der Waals surface area contributed by atoms with Crippen molar-refractivity contribution in [1.82, 2.24) is 19.5 Å². The number of hydrogen-bond donors (Lipinski definition) is 0. The number of aromatic nitrogens is 4. The predicted molar refractivity (Wildman–Crippen MR) is 109 cm³/mol. The molecule has 1 aliphatic rings. The summed E-state index contributed by atoms with van der Waals surface area (Å²) in [7, 11) is 0. The molecular formula is C22H23N5O. The molecule has 28 heavy (non-hydrogen) atoms. The lowest BCUT2D eigenvalue weighted by atomic mass is 9.97. The molecule has 1 fully saturated rings. The van der Waals surface area contributed by atoms with Gasteiger partial charge in [0.15, 0.2) is 5.58 Å². The Bertz CT molecular complexity index is 1080. The second-order valence-electron chi connectivity index (χ2n) is 7.53. The average Bonchev–Trinajstić information content (AvgIpc) is 3.35. The fourth-order valence-electron chi connectivity index (χ4n) is 4.02. The fraction of sp³-hybridized carbons (Fsp3) is 0.318. The lowest BCUT2D eigenvalue weighted by Gasteiger charge is -2.31. The summed E-state index contributed by atoms with van der Waals surface area (Å²) < 4.78 is 8.27. The first kappa shape index (κ1) is 17.0. The van der Waals surface area contributed by atoms with E-state index in [1.807, 2.05) is 24.5 Å². The van der Waals surface area contributed by atoms with Gasteiger partial charge in [0.05, 0.1) is 6.54 Å². The van der Waals surface area contributed by atoms with E-state index in [-0.39, 0.29) is 0 Å². The molecule has 0 amide bonds. The van der Waals surface area contributed by atoms with Crippen LogP contribution >= 0.6 is 0 Å². The summed E-state index contributed by atoms with van der Waals surface area (Å²) >= 11 is 0. The van der Waals surface area contributed by atoms with Crippen LogP contribution in [0.25, 0.3) is 11.1 Å². The van der Waals surface area contributed by atoms with E-state index in [9.17, 15) is 0 Å². The Morgan fingerprint density at radius 2 is 2.18 bits per heavy atom. The molecule has 0 aliphatic carbocycles. The Labute approximate surface area is 163 Å². The van der Waals surface area contributed by atoms with E-state index in [0.717, 1.165) is 55.4 Å². The molecule has 0 saturated carbocycles. The molecule has 142 valence electrons. The third-order valence-corrected chi connectivity index (χ3v) is 5.41. The van der Waals surface area contributed by atoms with Gasteiger partial charge >= 0.3 is 0 Å². The molecule has 6 heteroatoms. The standard InChI is InChI=1S/C22H23N5O/c1-16-6-7-20-19(12-16)25-22(28-20)27-10-3-5-18(15-27)21-24-9-11-26(21)14-17-4-2-8-23-13-17/h2,4,6-9,11-13,18H,3,5,10,14-15H2,1H3/t18-/m0/s1. The lowest BCUT2D eigenvalue weighted by Crippen LogP contribution is -2.35. The number of benzene rings is 1. The van der Waals surface area contributed by atoms with Crippen molar-refractivity contribution in [2.75, 3.05) is 18.0 Å². The maximum atomic E-state index is 6.03. The summed E-state index contributed by atoms with van der Waals surface area (Å²) in [6, 6.07) is 10.9. The molecule has 0 bridgehead atoms. The van der Waals surface area contributed by atoms with Crippen molar-refractivity contribution < 1.29 is 4.42 Å². The van der Waals surface area contributed by atoms with Crippen molar-refractivity contribution in [3.05, 3.63) is 72.1 Å². The van der Waals surface area contributed by atoms with E-state index in [0.29, 0.717) is 5.92 Å². The van der Waals surface area contributed by atoms with Gasteiger partial charge in [-0.15, -0.1) is 0 Å². The first-order valence-electron chi connectivity index (χ1n) is 9.78. The third kappa shape index (κ3) is 3.26. The fourth-order valence-corrected chi connectivity index (χ4v) is 4.02. The predicted octanol–water partition coefficient (Wildman–Crippen LogP) is 4.16. The number of aryl methyl sites for hydroxylation is 1. The van der Waals surface area contributed by atoms with Crippen molar-refractivity contribution in [1.29, 1.82) is 0 Å². The maximum Gasteiger partial charge on any atom is 0.298 e. The average molecular weight is 373 g/mol. The number of imidazole rings is 1. The minimum atomic E-state index is 0.358. The van der Waals surface area contributed by atoms with Crippen LogP contribution in [-0.4, -0.2) is 32.6 Å². The molecule has 1 atom stereocenters. The van der Waals surface area contributed by atoms with Gasteiger partial charge in [0, 0.05) is 43.8 Å². The van der Waals surface area contributed by atoms with Gasteiger partial charge in [-0.1, -0.05) is 12.1 Å². The number of nitrogens with zero attached hydrogens (tertiary/aromatic N) is 5. The summed E-state index contributed by atoms with van der Waals surface area (Å²) in [4.78, 5) is 15.9. The highest BCUT2D eigenvalue weighted by Gasteiger charge is 2.27. The number of pyridine rings is 1. The van der Waals surface area contributed by atoms with E-state index in [1.54, 1.807) is 6.20 Å². The van der Waals surface area contributed by atoms with Crippen molar-refractivity contribution in [3.63, 3.8) is 0 Å². The molecule has 4 aromatic rings. The highest BCUT2D eigenvalue weighted by Crippen LogP contribution is 2.31. The molecule has 0 radical (unpaired) electrons. The van der Waals surface area contributed by atoms with Gasteiger partial charge < -0.3 is 13.9 Å². The second kappa shape index (κ2) is 7.11. The van der Waals surface area contributed by atoms with Crippen LogP contribution in [0.2, 0.25) is 0 Å². The van der Waals surface area contributed by atoms with Crippen LogP contribution < -0.4 is 4.90 Å². The summed E-state index contributed by atoms with van der Waals surface area (Å²) in [5, 5.41) is 0. The van der Waals surface area contributed by atoms with Gasteiger partial charge in [-0.3, -0.25) is 4.98 Å². The molecule has 1 saturated heterocycles. The van der Waals surface area contributed by atoms with Crippen LogP contribution in [-0.2, 0) is 6.54 Å². The van der Waals surface area contributed by atoms with Crippen LogP contribution in [0.4, 0.5) is 6.01 Å². The quantitative estimate of drug-likeness (QED) is 0.538. The Morgan fingerprint density at radius 1 is 1.21 bits per heavy atom. The zero-order valence-corrected chi connectivity index (χ0v) is 16.0. The largest absolute Gasteiger partial charge is 0.423 e. The van der Waals surface area contributed by atoms with Crippen LogP contribution in [0.5, 0.6) is 0 Å². The molecule has 3 aromatic heterocycles. The van der Waals surface area contributed by atoms with Crippen molar-refractivity contribution in [2.45, 2.75) is 32.2 Å². The Morgan fingerprint density at radius 3 is 3.07 bits per heavy atom. The number of piperidine rings is 1. The van der Waals surface area contributed by atoms with Crippen LogP contribution in [0.15, 0.2) is 59.5 Å². The molecule has 4 heterocycles. The monoisotopic (exact) mass is 373 g/mol. The minimum absolute atomic E-state index is 0.358. The molecule has 0 unspecified atom stereocenters. The third-order valence-electron chi connectivity index (χ3n) is 5.41. The normalized spacial score (nSPS) is 17.3. The highest BCUT2D eigenvalue weighted by molar-refractivity contribution is 5.75. The van der Waals surface area contributed by atoms with Gasteiger partial charge in [-0.05, 0) is 49.1 Å².